The lowest BCUT2D eigenvalue weighted by Gasteiger charge is -2.23. The van der Waals surface area contributed by atoms with E-state index in [1.54, 1.807) is 0 Å². The van der Waals surface area contributed by atoms with Crippen molar-refractivity contribution in [3.8, 4) is 0 Å². The highest BCUT2D eigenvalue weighted by Gasteiger charge is 2.31. The first-order chi connectivity index (χ1) is 10.1. The summed E-state index contributed by atoms with van der Waals surface area (Å²) >= 11 is 0. The smallest absolute Gasteiger partial charge is 0.153 e. The zero-order valence-corrected chi connectivity index (χ0v) is 12.6. The summed E-state index contributed by atoms with van der Waals surface area (Å²) in [6, 6.07) is 8.71. The van der Waals surface area contributed by atoms with Crippen LogP contribution in [0.1, 0.15) is 24.7 Å². The van der Waals surface area contributed by atoms with Crippen LogP contribution in [-0.2, 0) is 16.3 Å². The minimum Gasteiger partial charge on any atom is -0.325 e. The molecule has 6 heteroatoms. The number of para-hydroxylation sites is 2. The van der Waals surface area contributed by atoms with E-state index in [0.717, 1.165) is 11.3 Å². The van der Waals surface area contributed by atoms with Crippen LogP contribution in [0.2, 0.25) is 0 Å². The van der Waals surface area contributed by atoms with Crippen LogP contribution in [0, 0.1) is 0 Å². The van der Waals surface area contributed by atoms with Gasteiger partial charge in [-0.05, 0) is 25.0 Å². The Kier molecular flexibility index (Phi) is 3.04. The van der Waals surface area contributed by atoms with Crippen molar-refractivity contribution < 1.29 is 8.42 Å². The Morgan fingerprint density at radius 2 is 2.10 bits per heavy atom. The van der Waals surface area contributed by atoms with Gasteiger partial charge in [-0.25, -0.2) is 13.4 Å². The molecule has 0 spiro atoms. The molecule has 21 heavy (non-hydrogen) atoms. The SMILES string of the molecule is O=S1(=O)CCNC(Cc2nc3ccccc3n2C2CC2)C1. The Hall–Kier alpha value is -1.40. The number of nitrogens with zero attached hydrogens (tertiary/aromatic N) is 2. The lowest BCUT2D eigenvalue weighted by molar-refractivity contribution is 0.501. The van der Waals surface area contributed by atoms with Gasteiger partial charge < -0.3 is 9.88 Å². The number of hydrogen-bond donors (Lipinski definition) is 1. The van der Waals surface area contributed by atoms with Crippen LogP contribution in [-0.4, -0.2) is 42.1 Å². The summed E-state index contributed by atoms with van der Waals surface area (Å²) in [5.74, 6) is 1.50. The number of sulfone groups is 1. The first-order valence-corrected chi connectivity index (χ1v) is 9.34. The van der Waals surface area contributed by atoms with E-state index < -0.39 is 9.84 Å². The number of imidazole rings is 1. The normalized spacial score (nSPS) is 25.2. The lowest BCUT2D eigenvalue weighted by Crippen LogP contribution is -2.46. The summed E-state index contributed by atoms with van der Waals surface area (Å²) in [4.78, 5) is 4.74. The lowest BCUT2D eigenvalue weighted by atomic mass is 10.2. The van der Waals surface area contributed by atoms with E-state index in [0.29, 0.717) is 19.0 Å². The molecule has 4 rings (SSSR count). The molecular weight excluding hydrogens is 286 g/mol. The van der Waals surface area contributed by atoms with Crippen LogP contribution in [0.5, 0.6) is 0 Å². The first kappa shape index (κ1) is 13.3. The molecule has 2 heterocycles. The summed E-state index contributed by atoms with van der Waals surface area (Å²) in [6.07, 6.45) is 3.08. The predicted octanol–water partition coefficient (Wildman–Crippen LogP) is 1.30. The van der Waals surface area contributed by atoms with Crippen LogP contribution in [0.4, 0.5) is 0 Å². The van der Waals surface area contributed by atoms with Gasteiger partial charge in [-0.2, -0.15) is 0 Å². The second kappa shape index (κ2) is 4.81. The van der Waals surface area contributed by atoms with Gasteiger partial charge in [-0.15, -0.1) is 0 Å². The molecule has 0 radical (unpaired) electrons. The van der Waals surface area contributed by atoms with Crippen molar-refractivity contribution in [2.45, 2.75) is 31.3 Å². The van der Waals surface area contributed by atoms with Crippen LogP contribution in [0.25, 0.3) is 11.0 Å². The quantitative estimate of drug-likeness (QED) is 0.928. The highest BCUT2D eigenvalue weighted by molar-refractivity contribution is 7.91. The Balaban J connectivity index is 1.68. The van der Waals surface area contributed by atoms with E-state index in [4.69, 9.17) is 4.98 Å². The predicted molar refractivity (Wildman–Crippen MR) is 82.2 cm³/mol. The number of nitrogens with one attached hydrogen (secondary N) is 1. The fraction of sp³-hybridized carbons (Fsp3) is 0.533. The third kappa shape index (κ3) is 2.58. The summed E-state index contributed by atoms with van der Waals surface area (Å²) in [6.45, 7) is 0.552. The molecule has 1 N–H and O–H groups in total. The Bertz CT molecular complexity index is 777. The van der Waals surface area contributed by atoms with Gasteiger partial charge in [0.2, 0.25) is 0 Å². The molecule has 2 aromatic rings. The van der Waals surface area contributed by atoms with E-state index in [2.05, 4.69) is 16.0 Å². The molecule has 1 unspecified atom stereocenters. The molecule has 0 amide bonds. The van der Waals surface area contributed by atoms with Crippen molar-refractivity contribution in [3.63, 3.8) is 0 Å². The maximum Gasteiger partial charge on any atom is 0.153 e. The van der Waals surface area contributed by atoms with E-state index in [1.165, 1.54) is 18.4 Å². The maximum absolute atomic E-state index is 11.8. The number of hydrogen-bond acceptors (Lipinski definition) is 4. The zero-order valence-electron chi connectivity index (χ0n) is 11.8. The number of aromatic nitrogens is 2. The van der Waals surface area contributed by atoms with Crippen molar-refractivity contribution in [2.24, 2.45) is 0 Å². The van der Waals surface area contributed by atoms with E-state index in [1.807, 2.05) is 18.2 Å². The molecule has 1 atom stereocenters. The third-order valence-corrected chi connectivity index (χ3v) is 6.05. The molecule has 1 saturated heterocycles. The van der Waals surface area contributed by atoms with Crippen LogP contribution < -0.4 is 5.32 Å². The number of benzene rings is 1. The van der Waals surface area contributed by atoms with Gasteiger partial charge in [-0.1, -0.05) is 12.1 Å². The Morgan fingerprint density at radius 1 is 1.29 bits per heavy atom. The van der Waals surface area contributed by atoms with Gasteiger partial charge in [0, 0.05) is 25.0 Å². The van der Waals surface area contributed by atoms with Crippen molar-refractivity contribution >= 4 is 20.9 Å². The molecule has 1 aromatic heterocycles. The molecular formula is C15H19N3O2S. The first-order valence-electron chi connectivity index (χ1n) is 7.52. The molecule has 1 saturated carbocycles. The maximum atomic E-state index is 11.8. The van der Waals surface area contributed by atoms with Gasteiger partial charge in [0.1, 0.15) is 5.82 Å². The standard InChI is InChI=1S/C15H19N3O2S/c19-21(20)8-7-16-11(10-21)9-15-17-13-3-1-2-4-14(13)18(15)12-5-6-12/h1-4,11-12,16H,5-10H2. The summed E-state index contributed by atoms with van der Waals surface area (Å²) < 4.78 is 25.9. The topological polar surface area (TPSA) is 64.0 Å². The number of rotatable bonds is 3. The molecule has 112 valence electrons. The van der Waals surface area contributed by atoms with Crippen LogP contribution in [0.15, 0.2) is 24.3 Å². The van der Waals surface area contributed by atoms with Crippen molar-refractivity contribution in [3.05, 3.63) is 30.1 Å². The minimum atomic E-state index is -2.90. The van der Waals surface area contributed by atoms with Crippen molar-refractivity contribution in [1.29, 1.82) is 0 Å². The highest BCUT2D eigenvalue weighted by atomic mass is 32.2. The highest BCUT2D eigenvalue weighted by Crippen LogP contribution is 2.38. The largest absolute Gasteiger partial charge is 0.325 e. The van der Waals surface area contributed by atoms with Crippen molar-refractivity contribution in [1.82, 2.24) is 14.9 Å². The Morgan fingerprint density at radius 3 is 2.86 bits per heavy atom. The second-order valence-electron chi connectivity index (χ2n) is 6.09. The zero-order chi connectivity index (χ0) is 14.4. The molecule has 2 aliphatic rings. The monoisotopic (exact) mass is 305 g/mol. The van der Waals surface area contributed by atoms with Crippen molar-refractivity contribution in [2.75, 3.05) is 18.1 Å². The molecule has 2 fully saturated rings. The average molecular weight is 305 g/mol. The van der Waals surface area contributed by atoms with Crippen LogP contribution in [0.3, 0.4) is 0 Å². The molecule has 1 aromatic carbocycles. The van der Waals surface area contributed by atoms with Gasteiger partial charge >= 0.3 is 0 Å². The van der Waals surface area contributed by atoms with E-state index >= 15 is 0 Å². The van der Waals surface area contributed by atoms with E-state index in [-0.39, 0.29) is 17.5 Å². The molecule has 1 aliphatic heterocycles. The number of fused-ring (bicyclic) bond motifs is 1. The third-order valence-electron chi connectivity index (χ3n) is 4.31. The fourth-order valence-electron chi connectivity index (χ4n) is 3.20. The van der Waals surface area contributed by atoms with Gasteiger partial charge in [-0.3, -0.25) is 0 Å². The fourth-order valence-corrected chi connectivity index (χ4v) is 4.64. The Labute approximate surface area is 124 Å². The molecule has 1 aliphatic carbocycles. The second-order valence-corrected chi connectivity index (χ2v) is 8.32. The van der Waals surface area contributed by atoms with Gasteiger partial charge in [0.15, 0.2) is 9.84 Å². The van der Waals surface area contributed by atoms with Gasteiger partial charge in [0.25, 0.3) is 0 Å². The molecule has 0 bridgehead atoms. The van der Waals surface area contributed by atoms with Gasteiger partial charge in [0.05, 0.1) is 22.5 Å². The summed E-state index contributed by atoms with van der Waals surface area (Å²) in [7, 11) is -2.90. The summed E-state index contributed by atoms with van der Waals surface area (Å²) in [5.41, 5.74) is 2.19. The van der Waals surface area contributed by atoms with E-state index in [9.17, 15) is 8.42 Å². The summed E-state index contributed by atoms with van der Waals surface area (Å²) in [5, 5.41) is 3.32. The minimum absolute atomic E-state index is 0.0157. The molecule has 5 nitrogen and oxygen atoms in total. The average Bonchev–Trinajstić information content (AvgIpc) is 3.19. The van der Waals surface area contributed by atoms with Crippen LogP contribution >= 0.6 is 0 Å².